The molecular weight excluding hydrogens is 356 g/mol. The summed E-state index contributed by atoms with van der Waals surface area (Å²) in [4.78, 5) is 14.7. The van der Waals surface area contributed by atoms with Crippen LogP contribution in [-0.4, -0.2) is 22.9 Å². The molecule has 0 radical (unpaired) electrons. The molecule has 0 spiro atoms. The summed E-state index contributed by atoms with van der Waals surface area (Å²) in [5.74, 6) is -0.260. The van der Waals surface area contributed by atoms with E-state index in [1.165, 1.54) is 25.0 Å². The lowest BCUT2D eigenvalue weighted by atomic mass is 10.1. The Labute approximate surface area is 127 Å². The molecule has 4 heteroatoms. The predicted octanol–water partition coefficient (Wildman–Crippen LogP) is 4.22. The van der Waals surface area contributed by atoms with Crippen molar-refractivity contribution >= 4 is 28.5 Å². The summed E-state index contributed by atoms with van der Waals surface area (Å²) in [7, 11) is 0. The topological polar surface area (TPSA) is 20.3 Å². The van der Waals surface area contributed by atoms with Crippen LogP contribution in [0.3, 0.4) is 0 Å². The van der Waals surface area contributed by atoms with E-state index in [-0.39, 0.29) is 17.8 Å². The third kappa shape index (κ3) is 3.27. The van der Waals surface area contributed by atoms with Crippen molar-refractivity contribution in [1.29, 1.82) is 0 Å². The molecule has 1 aliphatic rings. The van der Waals surface area contributed by atoms with E-state index in [1.807, 2.05) is 41.3 Å². The molecule has 1 fully saturated rings. The van der Waals surface area contributed by atoms with Gasteiger partial charge in [0.25, 0.3) is 5.91 Å². The fourth-order valence-electron chi connectivity index (χ4n) is 2.81. The Morgan fingerprint density at radius 1 is 1.37 bits per heavy atom. The molecule has 0 bridgehead atoms. The molecule has 1 aliphatic carbocycles. The fraction of sp³-hybridized carbons (Fsp3) is 0.533. The molecule has 0 atom stereocenters. The predicted molar refractivity (Wildman–Crippen MR) is 82.7 cm³/mol. The largest absolute Gasteiger partial charge is 0.333 e. The van der Waals surface area contributed by atoms with Crippen LogP contribution in [-0.2, 0) is 0 Å². The van der Waals surface area contributed by atoms with Gasteiger partial charge in [0.15, 0.2) is 0 Å². The number of carbonyl (C=O) groups is 1. The fourth-order valence-corrected chi connectivity index (χ4v) is 3.51. The van der Waals surface area contributed by atoms with Gasteiger partial charge in [0.2, 0.25) is 0 Å². The minimum absolute atomic E-state index is 0.0336. The van der Waals surface area contributed by atoms with Gasteiger partial charge in [-0.1, -0.05) is 12.8 Å². The molecular formula is C15H19FINO. The Kier molecular flexibility index (Phi) is 4.81. The first-order valence-corrected chi connectivity index (χ1v) is 7.86. The SMILES string of the molecule is CC(C)N(C(=O)c1ccc(F)cc1I)C1CCCC1. The van der Waals surface area contributed by atoms with Crippen molar-refractivity contribution in [3.63, 3.8) is 0 Å². The molecule has 0 N–H and O–H groups in total. The highest BCUT2D eigenvalue weighted by atomic mass is 127. The second kappa shape index (κ2) is 6.20. The van der Waals surface area contributed by atoms with Gasteiger partial charge in [0.1, 0.15) is 5.82 Å². The quantitative estimate of drug-likeness (QED) is 0.725. The van der Waals surface area contributed by atoms with E-state index in [0.29, 0.717) is 15.2 Å². The molecule has 0 aliphatic heterocycles. The maximum atomic E-state index is 13.1. The first-order chi connectivity index (χ1) is 9.00. The summed E-state index contributed by atoms with van der Waals surface area (Å²) in [6.45, 7) is 4.10. The maximum absolute atomic E-state index is 13.1. The van der Waals surface area contributed by atoms with E-state index in [4.69, 9.17) is 0 Å². The molecule has 0 aromatic heterocycles. The molecule has 1 amide bonds. The van der Waals surface area contributed by atoms with Crippen molar-refractivity contribution in [3.8, 4) is 0 Å². The Morgan fingerprint density at radius 2 is 2.00 bits per heavy atom. The van der Waals surface area contributed by atoms with Gasteiger partial charge in [-0.05, 0) is 67.5 Å². The van der Waals surface area contributed by atoms with Crippen molar-refractivity contribution < 1.29 is 9.18 Å². The van der Waals surface area contributed by atoms with Crippen molar-refractivity contribution in [2.75, 3.05) is 0 Å². The maximum Gasteiger partial charge on any atom is 0.255 e. The number of nitrogens with zero attached hydrogens (tertiary/aromatic N) is 1. The van der Waals surface area contributed by atoms with Crippen LogP contribution in [0.25, 0.3) is 0 Å². The normalized spacial score (nSPS) is 16.1. The van der Waals surface area contributed by atoms with Gasteiger partial charge in [-0.3, -0.25) is 4.79 Å². The Bertz CT molecular complexity index is 469. The van der Waals surface area contributed by atoms with Gasteiger partial charge >= 0.3 is 0 Å². The number of halogens is 2. The van der Waals surface area contributed by atoms with Crippen LogP contribution in [0.1, 0.15) is 49.9 Å². The highest BCUT2D eigenvalue weighted by Gasteiger charge is 2.30. The average Bonchev–Trinajstić information content (AvgIpc) is 2.81. The Balaban J connectivity index is 2.28. The second-order valence-electron chi connectivity index (χ2n) is 5.37. The number of hydrogen-bond donors (Lipinski definition) is 0. The third-order valence-corrected chi connectivity index (χ3v) is 4.56. The lowest BCUT2D eigenvalue weighted by Gasteiger charge is -2.33. The molecule has 2 rings (SSSR count). The van der Waals surface area contributed by atoms with E-state index in [9.17, 15) is 9.18 Å². The van der Waals surface area contributed by atoms with Gasteiger partial charge in [0, 0.05) is 15.7 Å². The van der Waals surface area contributed by atoms with Crippen molar-refractivity contribution in [2.45, 2.75) is 51.6 Å². The van der Waals surface area contributed by atoms with E-state index < -0.39 is 0 Å². The summed E-state index contributed by atoms with van der Waals surface area (Å²) in [5.41, 5.74) is 0.614. The van der Waals surface area contributed by atoms with E-state index in [1.54, 1.807) is 6.07 Å². The summed E-state index contributed by atoms with van der Waals surface area (Å²) in [5, 5.41) is 0. The monoisotopic (exact) mass is 375 g/mol. The zero-order chi connectivity index (χ0) is 14.0. The molecule has 1 saturated carbocycles. The van der Waals surface area contributed by atoms with Crippen LogP contribution in [0.4, 0.5) is 4.39 Å². The molecule has 0 unspecified atom stereocenters. The van der Waals surface area contributed by atoms with E-state index >= 15 is 0 Å². The van der Waals surface area contributed by atoms with Crippen LogP contribution in [0.15, 0.2) is 18.2 Å². The van der Waals surface area contributed by atoms with Crippen LogP contribution >= 0.6 is 22.6 Å². The number of hydrogen-bond acceptors (Lipinski definition) is 1. The lowest BCUT2D eigenvalue weighted by Crippen LogP contribution is -2.43. The molecule has 0 saturated heterocycles. The first-order valence-electron chi connectivity index (χ1n) is 6.78. The highest BCUT2D eigenvalue weighted by molar-refractivity contribution is 14.1. The van der Waals surface area contributed by atoms with Gasteiger partial charge in [-0.15, -0.1) is 0 Å². The Hall–Kier alpha value is -0.650. The minimum Gasteiger partial charge on any atom is -0.333 e. The van der Waals surface area contributed by atoms with E-state index in [0.717, 1.165) is 12.8 Å². The summed E-state index contributed by atoms with van der Waals surface area (Å²) < 4.78 is 13.8. The van der Waals surface area contributed by atoms with E-state index in [2.05, 4.69) is 0 Å². The van der Waals surface area contributed by atoms with Crippen molar-refractivity contribution in [3.05, 3.63) is 33.1 Å². The number of carbonyl (C=O) groups excluding carboxylic acids is 1. The molecule has 104 valence electrons. The van der Waals surface area contributed by atoms with Gasteiger partial charge in [0.05, 0.1) is 5.56 Å². The number of rotatable bonds is 3. The Morgan fingerprint density at radius 3 is 2.53 bits per heavy atom. The average molecular weight is 375 g/mol. The van der Waals surface area contributed by atoms with Crippen LogP contribution < -0.4 is 0 Å². The van der Waals surface area contributed by atoms with Crippen molar-refractivity contribution in [2.24, 2.45) is 0 Å². The highest BCUT2D eigenvalue weighted by Crippen LogP contribution is 2.27. The summed E-state index contributed by atoms with van der Waals surface area (Å²) in [6.07, 6.45) is 4.56. The summed E-state index contributed by atoms with van der Waals surface area (Å²) in [6, 6.07) is 4.90. The van der Waals surface area contributed by atoms with Gasteiger partial charge < -0.3 is 4.90 Å². The molecule has 1 aromatic carbocycles. The summed E-state index contributed by atoms with van der Waals surface area (Å²) >= 11 is 2.03. The first kappa shape index (κ1) is 14.8. The zero-order valence-electron chi connectivity index (χ0n) is 11.3. The zero-order valence-corrected chi connectivity index (χ0v) is 13.5. The minimum atomic E-state index is -0.294. The van der Waals surface area contributed by atoms with Crippen LogP contribution in [0.5, 0.6) is 0 Å². The van der Waals surface area contributed by atoms with Crippen molar-refractivity contribution in [1.82, 2.24) is 4.90 Å². The molecule has 2 nitrogen and oxygen atoms in total. The molecule has 19 heavy (non-hydrogen) atoms. The van der Waals surface area contributed by atoms with Gasteiger partial charge in [-0.2, -0.15) is 0 Å². The van der Waals surface area contributed by atoms with Crippen LogP contribution in [0, 0.1) is 9.39 Å². The van der Waals surface area contributed by atoms with Gasteiger partial charge in [-0.25, -0.2) is 4.39 Å². The smallest absolute Gasteiger partial charge is 0.255 e. The standard InChI is InChI=1S/C15H19FINO/c1-10(2)18(12-5-3-4-6-12)15(19)13-8-7-11(16)9-14(13)17/h7-10,12H,3-6H2,1-2H3. The molecule has 1 aromatic rings. The lowest BCUT2D eigenvalue weighted by molar-refractivity contribution is 0.0612. The molecule has 0 heterocycles. The third-order valence-electron chi connectivity index (χ3n) is 3.67. The number of benzene rings is 1. The second-order valence-corrected chi connectivity index (χ2v) is 6.53. The van der Waals surface area contributed by atoms with Crippen LogP contribution in [0.2, 0.25) is 0 Å². The number of amides is 1.